The number of nitrogens with zero attached hydrogens (tertiary/aromatic N) is 3. The van der Waals surface area contributed by atoms with E-state index in [4.69, 9.17) is 4.52 Å². The molecule has 5 rings (SSSR count). The van der Waals surface area contributed by atoms with Gasteiger partial charge in [0.2, 0.25) is 5.82 Å². The second-order valence-corrected chi connectivity index (χ2v) is 8.64. The number of rotatable bonds is 5. The number of benzene rings is 2. The molecule has 3 heterocycles. The summed E-state index contributed by atoms with van der Waals surface area (Å²) in [6.07, 6.45) is 0.917. The maximum atomic E-state index is 14.0. The first-order chi connectivity index (χ1) is 16.0. The molecule has 2 aromatic heterocycles. The summed E-state index contributed by atoms with van der Waals surface area (Å²) in [4.78, 5) is 20.1. The van der Waals surface area contributed by atoms with Crippen molar-refractivity contribution in [2.75, 3.05) is 4.90 Å². The second kappa shape index (κ2) is 8.63. The van der Waals surface area contributed by atoms with E-state index in [1.165, 1.54) is 33.9 Å². The van der Waals surface area contributed by atoms with Crippen LogP contribution in [-0.4, -0.2) is 16.2 Å². The number of thiophene rings is 1. The number of anilines is 1. The Kier molecular flexibility index (Phi) is 5.51. The second-order valence-electron chi connectivity index (χ2n) is 7.69. The van der Waals surface area contributed by atoms with Crippen LogP contribution in [0.1, 0.15) is 36.9 Å². The number of amides is 2. The minimum Gasteiger partial charge on any atom is -0.334 e. The highest BCUT2D eigenvalue weighted by Crippen LogP contribution is 2.39. The summed E-state index contributed by atoms with van der Waals surface area (Å²) in [6, 6.07) is 17.0. The molecule has 1 N–H and O–H groups in total. The average Bonchev–Trinajstić information content (AvgIpc) is 3.51. The Hall–Kier alpha value is -3.78. The third-order valence-electron chi connectivity index (χ3n) is 5.67. The molecule has 0 saturated carbocycles. The van der Waals surface area contributed by atoms with Crippen LogP contribution in [0.2, 0.25) is 0 Å². The van der Waals surface area contributed by atoms with Gasteiger partial charge in [-0.3, -0.25) is 4.90 Å². The molecule has 166 valence electrons. The number of halogens is 1. The molecule has 6 nitrogen and oxygen atoms in total. The van der Waals surface area contributed by atoms with Gasteiger partial charge in [-0.1, -0.05) is 48.5 Å². The van der Waals surface area contributed by atoms with Gasteiger partial charge >= 0.3 is 6.03 Å². The van der Waals surface area contributed by atoms with Crippen molar-refractivity contribution >= 4 is 28.6 Å². The lowest BCUT2D eigenvalue weighted by Gasteiger charge is -2.35. The van der Waals surface area contributed by atoms with Crippen molar-refractivity contribution in [3.63, 3.8) is 0 Å². The van der Waals surface area contributed by atoms with E-state index in [2.05, 4.69) is 22.4 Å². The van der Waals surface area contributed by atoms with E-state index in [-0.39, 0.29) is 6.03 Å². The van der Waals surface area contributed by atoms with E-state index in [0.717, 1.165) is 16.9 Å². The minimum atomic E-state index is -0.496. The van der Waals surface area contributed by atoms with Gasteiger partial charge in [0.25, 0.3) is 5.89 Å². The van der Waals surface area contributed by atoms with E-state index in [1.807, 2.05) is 41.8 Å². The Morgan fingerprint density at radius 3 is 2.67 bits per heavy atom. The molecule has 0 fully saturated rings. The highest BCUT2D eigenvalue weighted by molar-refractivity contribution is 7.13. The monoisotopic (exact) mass is 460 g/mol. The lowest BCUT2D eigenvalue weighted by Crippen LogP contribution is -2.46. The van der Waals surface area contributed by atoms with Crippen molar-refractivity contribution in [1.82, 2.24) is 15.5 Å². The standard InChI is InChI=1S/C25H21FN4O2S/c1-3-16-9-11-17(12-10-16)22-21(24-28-23(29-32-24)20-8-5-13-33-20)15(2)30(25(31)27-22)19-7-4-6-18(26)14-19/h4-14,22H,3H2,1-2H3,(H,27,31). The Morgan fingerprint density at radius 1 is 1.15 bits per heavy atom. The lowest BCUT2D eigenvalue weighted by atomic mass is 9.93. The van der Waals surface area contributed by atoms with Crippen LogP contribution in [0, 0.1) is 5.82 Å². The Labute approximate surface area is 194 Å². The van der Waals surface area contributed by atoms with Crippen LogP contribution in [0.3, 0.4) is 0 Å². The van der Waals surface area contributed by atoms with Crippen LogP contribution >= 0.6 is 11.3 Å². The van der Waals surface area contributed by atoms with Gasteiger partial charge in [0.15, 0.2) is 0 Å². The fraction of sp³-hybridized carbons (Fsp3) is 0.160. The fourth-order valence-electron chi connectivity index (χ4n) is 3.98. The van der Waals surface area contributed by atoms with Crippen molar-refractivity contribution in [2.24, 2.45) is 0 Å². The number of carbonyl (C=O) groups excluding carboxylic acids is 1. The number of hydrogen-bond donors (Lipinski definition) is 1. The maximum Gasteiger partial charge on any atom is 0.327 e. The highest BCUT2D eigenvalue weighted by atomic mass is 32.1. The molecular weight excluding hydrogens is 439 g/mol. The molecule has 1 atom stereocenters. The van der Waals surface area contributed by atoms with Crippen LogP contribution < -0.4 is 10.2 Å². The van der Waals surface area contributed by atoms with Crippen LogP contribution in [0.4, 0.5) is 14.9 Å². The molecule has 0 spiro atoms. The predicted octanol–water partition coefficient (Wildman–Crippen LogP) is 6.20. The molecular formula is C25H21FN4O2S. The third kappa shape index (κ3) is 3.93. The number of urea groups is 1. The molecule has 1 aliphatic heterocycles. The number of aromatic nitrogens is 2. The summed E-state index contributed by atoms with van der Waals surface area (Å²) < 4.78 is 19.6. The number of allylic oxidation sites excluding steroid dienone is 1. The summed E-state index contributed by atoms with van der Waals surface area (Å²) in [5, 5.41) is 9.14. The van der Waals surface area contributed by atoms with Gasteiger partial charge in [0.1, 0.15) is 5.82 Å². The van der Waals surface area contributed by atoms with Crippen molar-refractivity contribution in [2.45, 2.75) is 26.3 Å². The van der Waals surface area contributed by atoms with Gasteiger partial charge in [-0.2, -0.15) is 4.98 Å². The SMILES string of the molecule is CCc1ccc(C2NC(=O)N(c3cccc(F)c3)C(C)=C2c2nc(-c3cccs3)no2)cc1. The summed E-state index contributed by atoms with van der Waals surface area (Å²) in [6.45, 7) is 3.90. The summed E-state index contributed by atoms with van der Waals surface area (Å²) >= 11 is 1.51. The van der Waals surface area contributed by atoms with Crippen molar-refractivity contribution in [3.05, 3.63) is 94.6 Å². The summed E-state index contributed by atoms with van der Waals surface area (Å²) in [7, 11) is 0. The summed E-state index contributed by atoms with van der Waals surface area (Å²) in [5.41, 5.74) is 3.76. The molecule has 4 aromatic rings. The largest absolute Gasteiger partial charge is 0.334 e. The fourth-order valence-corrected chi connectivity index (χ4v) is 4.63. The van der Waals surface area contributed by atoms with Gasteiger partial charge in [-0.15, -0.1) is 11.3 Å². The van der Waals surface area contributed by atoms with Crippen LogP contribution in [0.15, 0.2) is 76.3 Å². The average molecular weight is 461 g/mol. The third-order valence-corrected chi connectivity index (χ3v) is 6.54. The molecule has 0 saturated heterocycles. The van der Waals surface area contributed by atoms with Crippen molar-refractivity contribution < 1.29 is 13.7 Å². The summed E-state index contributed by atoms with van der Waals surface area (Å²) in [5.74, 6) is 0.362. The molecule has 0 radical (unpaired) electrons. The van der Waals surface area contributed by atoms with Crippen LogP contribution in [-0.2, 0) is 6.42 Å². The Balaban J connectivity index is 1.65. The first-order valence-corrected chi connectivity index (χ1v) is 11.5. The van der Waals surface area contributed by atoms with E-state index >= 15 is 0 Å². The number of nitrogens with one attached hydrogen (secondary N) is 1. The van der Waals surface area contributed by atoms with Crippen LogP contribution in [0.25, 0.3) is 16.3 Å². The lowest BCUT2D eigenvalue weighted by molar-refractivity contribution is 0.244. The first kappa shape index (κ1) is 21.1. The van der Waals surface area contributed by atoms with Gasteiger partial charge in [-0.05, 0) is 54.1 Å². The zero-order valence-corrected chi connectivity index (χ0v) is 18.9. The molecule has 2 amide bonds. The van der Waals surface area contributed by atoms with Crippen molar-refractivity contribution in [3.8, 4) is 10.7 Å². The Morgan fingerprint density at radius 2 is 1.97 bits per heavy atom. The first-order valence-electron chi connectivity index (χ1n) is 10.6. The van der Waals surface area contributed by atoms with Gasteiger partial charge in [-0.25, -0.2) is 9.18 Å². The van der Waals surface area contributed by atoms with E-state index in [0.29, 0.717) is 28.7 Å². The number of carbonyl (C=O) groups is 1. The maximum absolute atomic E-state index is 14.0. The zero-order valence-electron chi connectivity index (χ0n) is 18.1. The van der Waals surface area contributed by atoms with Crippen LogP contribution in [0.5, 0.6) is 0 Å². The smallest absolute Gasteiger partial charge is 0.327 e. The quantitative estimate of drug-likeness (QED) is 0.385. The molecule has 0 bridgehead atoms. The molecule has 2 aromatic carbocycles. The normalized spacial score (nSPS) is 16.3. The van der Waals surface area contributed by atoms with Gasteiger partial charge in [0, 0.05) is 5.70 Å². The molecule has 0 aliphatic carbocycles. The molecule has 8 heteroatoms. The Bertz CT molecular complexity index is 1330. The predicted molar refractivity (Wildman–Crippen MR) is 126 cm³/mol. The topological polar surface area (TPSA) is 71.3 Å². The minimum absolute atomic E-state index is 0.307. The molecule has 1 unspecified atom stereocenters. The van der Waals surface area contributed by atoms with E-state index in [1.54, 1.807) is 19.1 Å². The van der Waals surface area contributed by atoms with Crippen molar-refractivity contribution in [1.29, 1.82) is 0 Å². The van der Waals surface area contributed by atoms with E-state index < -0.39 is 11.9 Å². The van der Waals surface area contributed by atoms with Gasteiger partial charge in [0.05, 0.1) is 22.2 Å². The zero-order chi connectivity index (χ0) is 22.9. The van der Waals surface area contributed by atoms with E-state index in [9.17, 15) is 9.18 Å². The number of hydrogen-bond acceptors (Lipinski definition) is 5. The molecule has 1 aliphatic rings. The number of aryl methyl sites for hydroxylation is 1. The van der Waals surface area contributed by atoms with Gasteiger partial charge < -0.3 is 9.84 Å². The highest BCUT2D eigenvalue weighted by Gasteiger charge is 2.36. The molecule has 33 heavy (non-hydrogen) atoms.